The third-order valence-corrected chi connectivity index (χ3v) is 13.6. The van der Waals surface area contributed by atoms with E-state index in [1.807, 2.05) is 24.3 Å². The van der Waals surface area contributed by atoms with Crippen LogP contribution in [0.15, 0.2) is 100 Å². The molecule has 0 amide bonds. The lowest BCUT2D eigenvalue weighted by molar-refractivity contribution is 0.319. The fourth-order valence-electron chi connectivity index (χ4n) is 7.13. The molecule has 14 heteroatoms. The second-order valence-corrected chi connectivity index (χ2v) is 16.1. The van der Waals surface area contributed by atoms with Gasteiger partial charge in [-0.1, -0.05) is 12.1 Å². The Bertz CT molecular complexity index is 2200. The van der Waals surface area contributed by atoms with E-state index >= 15 is 0 Å². The number of nitroso groups, excluding NO2 is 1. The summed E-state index contributed by atoms with van der Waals surface area (Å²) in [5.41, 5.74) is 4.53. The predicted octanol–water partition coefficient (Wildman–Crippen LogP) is 6.12. The second kappa shape index (κ2) is 12.9. The number of nitrogens with zero attached hydrogens (tertiary/aromatic N) is 5. The van der Waals surface area contributed by atoms with Crippen LogP contribution in [0, 0.1) is 4.91 Å². The first kappa shape index (κ1) is 32.2. The van der Waals surface area contributed by atoms with Crippen LogP contribution in [0.1, 0.15) is 48.6 Å². The van der Waals surface area contributed by atoms with Crippen LogP contribution in [0.4, 0.5) is 11.4 Å². The van der Waals surface area contributed by atoms with Crippen molar-refractivity contribution in [1.29, 1.82) is 0 Å². The van der Waals surface area contributed by atoms with Gasteiger partial charge in [0.25, 0.3) is 0 Å². The molecule has 0 unspecified atom stereocenters. The quantitative estimate of drug-likeness (QED) is 0.111. The van der Waals surface area contributed by atoms with Crippen molar-refractivity contribution in [3.8, 4) is 0 Å². The molecule has 0 atom stereocenters. The molecule has 2 saturated heterocycles. The predicted molar refractivity (Wildman–Crippen MR) is 182 cm³/mol. The third-order valence-electron chi connectivity index (χ3n) is 9.77. The van der Waals surface area contributed by atoms with Gasteiger partial charge in [-0.05, 0) is 102 Å². The summed E-state index contributed by atoms with van der Waals surface area (Å²) in [6, 6.07) is 16.5. The normalized spacial score (nSPS) is 17.5. The first-order chi connectivity index (χ1) is 23.2. The van der Waals surface area contributed by atoms with Crippen molar-refractivity contribution >= 4 is 53.0 Å². The molecule has 5 aromatic rings. The number of piperidine rings is 2. The number of fused-ring (bicyclic) bond motifs is 2. The molecular weight excluding hydrogens is 653 g/mol. The molecular formula is C34H34N6O6S2. The van der Waals surface area contributed by atoms with Crippen molar-refractivity contribution in [3.05, 3.63) is 101 Å². The van der Waals surface area contributed by atoms with Crippen LogP contribution in [0.25, 0.3) is 21.5 Å². The van der Waals surface area contributed by atoms with Crippen molar-refractivity contribution in [2.24, 2.45) is 5.18 Å². The lowest BCUT2D eigenvalue weighted by atomic mass is 9.91. The maximum atomic E-state index is 13.8. The van der Waals surface area contributed by atoms with E-state index in [0.717, 1.165) is 11.1 Å². The Morgan fingerprint density at radius 1 is 0.625 bits per heavy atom. The average molecular weight is 687 g/mol. The Kier molecular flexibility index (Phi) is 8.68. The van der Waals surface area contributed by atoms with E-state index in [2.05, 4.69) is 20.6 Å². The molecule has 12 nitrogen and oxygen atoms in total. The molecule has 4 heterocycles. The van der Waals surface area contributed by atoms with Gasteiger partial charge in [0.2, 0.25) is 20.0 Å². The third kappa shape index (κ3) is 5.73. The fraction of sp³-hybridized carbons (Fsp3) is 0.294. The van der Waals surface area contributed by atoms with Gasteiger partial charge in [-0.15, -0.1) is 4.91 Å². The number of rotatable bonds is 8. The molecule has 2 aliphatic heterocycles. The standard InChI is InChI=1S/C34H34N6O6S2/c41-37-33-29-3-1-27(47(43,44)39-17-9-25(10-18-39)23-5-13-35-14-6-23)21-31(29)34(38-42)30-4-2-28(22-32(30)33)48(45,46)40-19-11-26(12-20-40)24-7-15-36-16-8-24/h1-8,13-16,21-22,25-26,37,41H,9-12,17-20H2. The highest BCUT2D eigenvalue weighted by atomic mass is 32.2. The molecule has 0 aliphatic carbocycles. The average Bonchev–Trinajstić information content (AvgIpc) is 3.14. The van der Waals surface area contributed by atoms with Gasteiger partial charge in [0, 0.05) is 72.5 Å². The SMILES string of the molecule is O=Nc1c2cc(S(=O)(=O)N3CCC(c4ccncc4)CC3)ccc2c(NO)c2cc(S(=O)(=O)N3CCC(c4ccncc4)CC3)ccc12. The molecule has 0 saturated carbocycles. The van der Waals surface area contributed by atoms with Crippen LogP contribution < -0.4 is 5.48 Å². The van der Waals surface area contributed by atoms with Crippen LogP contribution in [-0.2, 0) is 20.0 Å². The van der Waals surface area contributed by atoms with E-state index in [0.29, 0.717) is 57.2 Å². The molecule has 2 aromatic heterocycles. The van der Waals surface area contributed by atoms with Gasteiger partial charge in [0.1, 0.15) is 5.69 Å². The highest BCUT2D eigenvalue weighted by Gasteiger charge is 2.32. The Balaban J connectivity index is 1.19. The first-order valence-electron chi connectivity index (χ1n) is 15.8. The van der Waals surface area contributed by atoms with Gasteiger partial charge < -0.3 is 0 Å². The topological polar surface area (TPSA) is 162 Å². The molecule has 2 aliphatic rings. The van der Waals surface area contributed by atoms with E-state index in [4.69, 9.17) is 0 Å². The molecule has 48 heavy (non-hydrogen) atoms. The second-order valence-electron chi connectivity index (χ2n) is 12.3. The summed E-state index contributed by atoms with van der Waals surface area (Å²) < 4.78 is 58.0. The van der Waals surface area contributed by atoms with Crippen molar-refractivity contribution in [2.75, 3.05) is 31.7 Å². The number of anilines is 1. The van der Waals surface area contributed by atoms with Gasteiger partial charge in [-0.3, -0.25) is 20.7 Å². The lowest BCUT2D eigenvalue weighted by Crippen LogP contribution is -2.37. The van der Waals surface area contributed by atoms with E-state index in [1.54, 1.807) is 24.8 Å². The summed E-state index contributed by atoms with van der Waals surface area (Å²) >= 11 is 0. The Labute approximate surface area is 278 Å². The maximum absolute atomic E-state index is 13.8. The van der Waals surface area contributed by atoms with E-state index in [9.17, 15) is 26.9 Å². The van der Waals surface area contributed by atoms with Gasteiger partial charge in [0.15, 0.2) is 0 Å². The van der Waals surface area contributed by atoms with Gasteiger partial charge >= 0.3 is 0 Å². The van der Waals surface area contributed by atoms with Crippen LogP contribution in [-0.4, -0.2) is 66.8 Å². The van der Waals surface area contributed by atoms with E-state index < -0.39 is 20.0 Å². The summed E-state index contributed by atoms with van der Waals surface area (Å²) in [7, 11) is -7.81. The minimum atomic E-state index is -3.91. The zero-order valence-electron chi connectivity index (χ0n) is 25.9. The monoisotopic (exact) mass is 686 g/mol. The zero-order chi connectivity index (χ0) is 33.5. The number of aromatic nitrogens is 2. The molecule has 248 valence electrons. The Morgan fingerprint density at radius 2 is 1.06 bits per heavy atom. The highest BCUT2D eigenvalue weighted by molar-refractivity contribution is 7.89. The first-order valence-corrected chi connectivity index (χ1v) is 18.7. The molecule has 7 rings (SSSR count). The number of pyridine rings is 2. The van der Waals surface area contributed by atoms with Crippen molar-refractivity contribution in [1.82, 2.24) is 18.6 Å². The van der Waals surface area contributed by atoms with Gasteiger partial charge in [0.05, 0.1) is 15.5 Å². The van der Waals surface area contributed by atoms with Crippen molar-refractivity contribution < 1.29 is 22.0 Å². The number of sulfonamides is 2. The molecule has 0 spiro atoms. The highest BCUT2D eigenvalue weighted by Crippen LogP contribution is 2.44. The van der Waals surface area contributed by atoms with Gasteiger partial charge in [-0.2, -0.15) is 8.61 Å². The summed E-state index contributed by atoms with van der Waals surface area (Å²) in [6.45, 7) is 1.37. The fourth-order valence-corrected chi connectivity index (χ4v) is 10.1. The number of nitrogens with one attached hydrogen (secondary N) is 1. The lowest BCUT2D eigenvalue weighted by Gasteiger charge is -2.31. The molecule has 0 radical (unpaired) electrons. The number of benzene rings is 3. The summed E-state index contributed by atoms with van der Waals surface area (Å²) in [6.07, 6.45) is 9.60. The van der Waals surface area contributed by atoms with Crippen LogP contribution in [0.3, 0.4) is 0 Å². The van der Waals surface area contributed by atoms with E-state index in [-0.39, 0.29) is 49.2 Å². The maximum Gasteiger partial charge on any atom is 0.243 e. The number of hydrogen-bond acceptors (Lipinski definition) is 10. The Hall–Kier alpha value is -4.34. The molecule has 0 bridgehead atoms. The Morgan fingerprint density at radius 3 is 1.50 bits per heavy atom. The summed E-state index contributed by atoms with van der Waals surface area (Å²) in [4.78, 5) is 20.5. The minimum Gasteiger partial charge on any atom is -0.291 e. The summed E-state index contributed by atoms with van der Waals surface area (Å²) in [5.74, 6) is 0.473. The van der Waals surface area contributed by atoms with Crippen LogP contribution >= 0.6 is 0 Å². The van der Waals surface area contributed by atoms with Gasteiger partial charge in [-0.25, -0.2) is 16.8 Å². The van der Waals surface area contributed by atoms with Crippen molar-refractivity contribution in [2.45, 2.75) is 47.3 Å². The van der Waals surface area contributed by atoms with Crippen LogP contribution in [0.5, 0.6) is 0 Å². The zero-order valence-corrected chi connectivity index (χ0v) is 27.6. The largest absolute Gasteiger partial charge is 0.291 e. The summed E-state index contributed by atoms with van der Waals surface area (Å²) in [5, 5.41) is 14.6. The van der Waals surface area contributed by atoms with Crippen LogP contribution in [0.2, 0.25) is 0 Å². The van der Waals surface area contributed by atoms with E-state index in [1.165, 1.54) is 45.0 Å². The minimum absolute atomic E-state index is 0.000123. The number of hydrogen-bond donors (Lipinski definition) is 2. The molecule has 2 N–H and O–H groups in total. The molecule has 2 fully saturated rings. The smallest absolute Gasteiger partial charge is 0.243 e. The molecule has 3 aromatic carbocycles. The van der Waals surface area contributed by atoms with Crippen molar-refractivity contribution in [3.63, 3.8) is 0 Å².